The number of alkyl halides is 3. The van der Waals surface area contributed by atoms with Gasteiger partial charge in [0.1, 0.15) is 0 Å². The lowest BCUT2D eigenvalue weighted by atomic mass is 10.1. The molecule has 5 aromatic rings. The molecule has 1 unspecified atom stereocenters. The number of rotatable bonds is 5. The van der Waals surface area contributed by atoms with Gasteiger partial charge in [-0.2, -0.15) is 23.4 Å². The lowest BCUT2D eigenvalue weighted by Gasteiger charge is -2.14. The van der Waals surface area contributed by atoms with Crippen molar-refractivity contribution >= 4 is 27.8 Å². The lowest BCUT2D eigenvalue weighted by molar-refractivity contribution is -0.137. The van der Waals surface area contributed by atoms with Crippen molar-refractivity contribution in [3.05, 3.63) is 77.7 Å². The van der Waals surface area contributed by atoms with E-state index in [1.54, 1.807) is 64.7 Å². The molecule has 0 aliphatic carbocycles. The topological polar surface area (TPSA) is 89.9 Å². The van der Waals surface area contributed by atoms with Crippen LogP contribution in [0.25, 0.3) is 27.6 Å². The average Bonchev–Trinajstić information content (AvgIpc) is 3.49. The summed E-state index contributed by atoms with van der Waals surface area (Å²) in [4.78, 5) is 13.0. The van der Waals surface area contributed by atoms with E-state index < -0.39 is 23.7 Å². The maximum atomic E-state index is 13.0. The van der Waals surface area contributed by atoms with Crippen molar-refractivity contribution in [2.75, 3.05) is 6.61 Å². The number of hydrogen-bond donors (Lipinski definition) is 2. The highest BCUT2D eigenvalue weighted by atomic mass is 19.4. The van der Waals surface area contributed by atoms with Crippen molar-refractivity contribution in [2.45, 2.75) is 12.2 Å². The van der Waals surface area contributed by atoms with E-state index in [2.05, 4.69) is 15.5 Å². The lowest BCUT2D eigenvalue weighted by Crippen LogP contribution is -2.31. The number of aromatic nitrogens is 5. The third-order valence-electron chi connectivity index (χ3n) is 5.84. The van der Waals surface area contributed by atoms with Crippen LogP contribution in [-0.2, 0) is 20.3 Å². The zero-order valence-electron chi connectivity index (χ0n) is 18.8. The number of aryl methyl sites for hydroxylation is 2. The van der Waals surface area contributed by atoms with Crippen LogP contribution >= 0.6 is 0 Å². The molecule has 35 heavy (non-hydrogen) atoms. The Balaban J connectivity index is 1.55. The summed E-state index contributed by atoms with van der Waals surface area (Å²) in [5.74, 6) is -0.393. The van der Waals surface area contributed by atoms with Crippen LogP contribution < -0.4 is 5.32 Å². The molecule has 3 aromatic heterocycles. The molecule has 5 rings (SSSR count). The zero-order valence-corrected chi connectivity index (χ0v) is 18.8. The quantitative estimate of drug-likeness (QED) is 0.400. The van der Waals surface area contributed by atoms with Crippen LogP contribution in [0.2, 0.25) is 0 Å². The smallest absolute Gasteiger partial charge is 0.394 e. The number of benzene rings is 2. The molecule has 0 radical (unpaired) electrons. The van der Waals surface area contributed by atoms with Crippen LogP contribution in [0.4, 0.5) is 13.2 Å². The molecule has 1 amide bonds. The van der Waals surface area contributed by atoms with Gasteiger partial charge in [-0.05, 0) is 48.5 Å². The van der Waals surface area contributed by atoms with Gasteiger partial charge in [-0.3, -0.25) is 18.7 Å². The Labute approximate surface area is 197 Å². The van der Waals surface area contributed by atoms with E-state index in [-0.39, 0.29) is 6.61 Å². The van der Waals surface area contributed by atoms with Crippen LogP contribution in [-0.4, -0.2) is 41.7 Å². The molecule has 8 nitrogen and oxygen atoms in total. The van der Waals surface area contributed by atoms with E-state index >= 15 is 0 Å². The predicted molar refractivity (Wildman–Crippen MR) is 123 cm³/mol. The Kier molecular flexibility index (Phi) is 5.36. The zero-order chi connectivity index (χ0) is 24.9. The van der Waals surface area contributed by atoms with Gasteiger partial charge in [0.25, 0.3) is 5.91 Å². The van der Waals surface area contributed by atoms with Crippen molar-refractivity contribution in [1.29, 1.82) is 0 Å². The summed E-state index contributed by atoms with van der Waals surface area (Å²) in [6, 6.07) is 11.0. The number of aliphatic hydroxyl groups excluding tert-OH is 1. The summed E-state index contributed by atoms with van der Waals surface area (Å²) in [5, 5.41) is 22.7. The molecule has 0 spiro atoms. The molecule has 11 heteroatoms. The Hall–Kier alpha value is -4.12. The van der Waals surface area contributed by atoms with Crippen molar-refractivity contribution in [3.8, 4) is 5.69 Å². The number of amides is 1. The molecule has 0 aliphatic rings. The molecule has 0 aliphatic heterocycles. The fourth-order valence-corrected chi connectivity index (χ4v) is 4.17. The molecular weight excluding hydrogens is 461 g/mol. The number of carbonyl (C=O) groups excluding carboxylic acids is 1. The van der Waals surface area contributed by atoms with E-state index in [4.69, 9.17) is 0 Å². The second kappa shape index (κ2) is 8.27. The minimum Gasteiger partial charge on any atom is -0.394 e. The van der Waals surface area contributed by atoms with Gasteiger partial charge in [0, 0.05) is 48.5 Å². The maximum Gasteiger partial charge on any atom is 0.416 e. The first-order chi connectivity index (χ1) is 16.7. The van der Waals surface area contributed by atoms with Gasteiger partial charge in [0.2, 0.25) is 0 Å². The van der Waals surface area contributed by atoms with E-state index in [1.807, 2.05) is 0 Å². The highest BCUT2D eigenvalue weighted by molar-refractivity contribution is 6.10. The van der Waals surface area contributed by atoms with E-state index in [9.17, 15) is 23.1 Å². The second-order valence-corrected chi connectivity index (χ2v) is 8.27. The molecule has 0 fully saturated rings. The molecular formula is C24H21F3N6O2. The van der Waals surface area contributed by atoms with Crippen molar-refractivity contribution in [2.24, 2.45) is 14.1 Å². The van der Waals surface area contributed by atoms with Crippen LogP contribution in [0.15, 0.2) is 60.9 Å². The summed E-state index contributed by atoms with van der Waals surface area (Å²) >= 11 is 0. The summed E-state index contributed by atoms with van der Waals surface area (Å²) < 4.78 is 44.1. The van der Waals surface area contributed by atoms with Gasteiger partial charge in [0.05, 0.1) is 29.4 Å². The highest BCUT2D eigenvalue weighted by Crippen LogP contribution is 2.34. The largest absolute Gasteiger partial charge is 0.416 e. The Morgan fingerprint density at radius 2 is 1.77 bits per heavy atom. The van der Waals surface area contributed by atoms with Crippen molar-refractivity contribution < 1.29 is 23.1 Å². The fraction of sp³-hybridized carbons (Fsp3) is 0.208. The van der Waals surface area contributed by atoms with Gasteiger partial charge >= 0.3 is 6.18 Å². The normalized spacial score (nSPS) is 13.0. The SMILES string of the molecule is Cn1ccc(C(CO)NC(=O)c2ccc3c(c2)c2cn(C)nc2n3-c2ccc(C(F)(F)F)cc2)n1. The molecule has 3 heterocycles. The second-order valence-electron chi connectivity index (χ2n) is 8.27. The van der Waals surface area contributed by atoms with E-state index in [0.29, 0.717) is 28.1 Å². The number of fused-ring (bicyclic) bond motifs is 3. The number of nitrogens with one attached hydrogen (secondary N) is 1. The van der Waals surface area contributed by atoms with Crippen LogP contribution in [0, 0.1) is 0 Å². The maximum absolute atomic E-state index is 13.0. The van der Waals surface area contributed by atoms with Gasteiger partial charge in [-0.25, -0.2) is 0 Å². The van der Waals surface area contributed by atoms with Gasteiger partial charge in [0.15, 0.2) is 5.65 Å². The number of aliphatic hydroxyl groups is 1. The third-order valence-corrected chi connectivity index (χ3v) is 5.84. The first kappa shape index (κ1) is 22.7. The Morgan fingerprint density at radius 3 is 2.40 bits per heavy atom. The number of carbonyl (C=O) groups is 1. The number of hydrogen-bond acceptors (Lipinski definition) is 4. The van der Waals surface area contributed by atoms with Crippen LogP contribution in [0.3, 0.4) is 0 Å². The minimum absolute atomic E-state index is 0.317. The molecule has 0 saturated heterocycles. The third kappa shape index (κ3) is 4.03. The van der Waals surface area contributed by atoms with Gasteiger partial charge in [-0.1, -0.05) is 0 Å². The molecule has 0 bridgehead atoms. The van der Waals surface area contributed by atoms with Crippen LogP contribution in [0.1, 0.15) is 27.7 Å². The number of halogens is 3. The van der Waals surface area contributed by atoms with Crippen molar-refractivity contribution in [1.82, 2.24) is 29.4 Å². The predicted octanol–water partition coefficient (Wildman–Crippen LogP) is 3.73. The standard InChI is InChI=1S/C24H21F3N6O2/c1-31-10-9-19(29-31)20(13-34)28-23(35)14-3-8-21-17(11-14)18-12-32(2)30-22(18)33(21)16-6-4-15(5-7-16)24(25,26)27/h3-12,20,34H,13H2,1-2H3,(H,28,35). The summed E-state index contributed by atoms with van der Waals surface area (Å²) in [6.45, 7) is -0.317. The molecule has 2 N–H and O–H groups in total. The number of nitrogens with zero attached hydrogens (tertiary/aromatic N) is 5. The van der Waals surface area contributed by atoms with Crippen LogP contribution in [0.5, 0.6) is 0 Å². The monoisotopic (exact) mass is 482 g/mol. The van der Waals surface area contributed by atoms with Crippen molar-refractivity contribution in [3.63, 3.8) is 0 Å². The molecule has 180 valence electrons. The summed E-state index contributed by atoms with van der Waals surface area (Å²) in [6.07, 6.45) is -0.911. The molecule has 0 saturated carbocycles. The van der Waals surface area contributed by atoms with E-state index in [1.165, 1.54) is 12.1 Å². The fourth-order valence-electron chi connectivity index (χ4n) is 4.17. The van der Waals surface area contributed by atoms with E-state index in [0.717, 1.165) is 22.9 Å². The first-order valence-corrected chi connectivity index (χ1v) is 10.7. The Morgan fingerprint density at radius 1 is 1.03 bits per heavy atom. The minimum atomic E-state index is -4.43. The summed E-state index contributed by atoms with van der Waals surface area (Å²) in [5.41, 5.74) is 1.93. The first-order valence-electron chi connectivity index (χ1n) is 10.7. The van der Waals surface area contributed by atoms with Gasteiger partial charge < -0.3 is 10.4 Å². The van der Waals surface area contributed by atoms with Gasteiger partial charge in [-0.15, -0.1) is 0 Å². The average molecular weight is 482 g/mol. The summed E-state index contributed by atoms with van der Waals surface area (Å²) in [7, 11) is 3.49. The highest BCUT2D eigenvalue weighted by Gasteiger charge is 2.30. The molecule has 1 atom stereocenters. The Bertz CT molecular complexity index is 1550. The molecule has 2 aromatic carbocycles.